The molecule has 0 unspecified atom stereocenters. The van der Waals surface area contributed by atoms with Crippen molar-refractivity contribution in [2.45, 2.75) is 19.8 Å². The molecule has 0 atom stereocenters. The zero-order chi connectivity index (χ0) is 8.10. The third kappa shape index (κ3) is 2.80. The number of nitrogens with zero attached hydrogens (tertiary/aromatic N) is 2. The molecule has 11 heavy (non-hydrogen) atoms. The van der Waals surface area contributed by atoms with Crippen molar-refractivity contribution < 1.29 is 4.79 Å². The quantitative estimate of drug-likeness (QED) is 0.685. The Morgan fingerprint density at radius 1 is 1.91 bits per heavy atom. The summed E-state index contributed by atoms with van der Waals surface area (Å²) in [4.78, 5) is 11.0. The summed E-state index contributed by atoms with van der Waals surface area (Å²) in [6.45, 7) is 1.97. The highest BCUT2D eigenvalue weighted by atomic mass is 32.2. The number of carbonyl (C=O) groups excluding carboxylic acids is 1. The Kier molecular flexibility index (Phi) is 3.22. The van der Waals surface area contributed by atoms with E-state index in [0.29, 0.717) is 6.42 Å². The zero-order valence-corrected chi connectivity index (χ0v) is 7.23. The fourth-order valence-corrected chi connectivity index (χ4v) is 1.24. The van der Waals surface area contributed by atoms with E-state index in [9.17, 15) is 4.79 Å². The maximum Gasteiger partial charge on any atom is 0.239 e. The fraction of sp³-hybridized carbons (Fsp3) is 0.667. The van der Waals surface area contributed by atoms with Gasteiger partial charge in [0.25, 0.3) is 0 Å². The van der Waals surface area contributed by atoms with Crippen LogP contribution >= 0.6 is 11.8 Å². The number of thioether (sulfide) groups is 1. The van der Waals surface area contributed by atoms with E-state index in [4.69, 9.17) is 0 Å². The molecule has 1 aliphatic heterocycles. The number of rotatable bonds is 3. The largest absolute Gasteiger partial charge is 0.273 e. The van der Waals surface area contributed by atoms with Gasteiger partial charge in [0.05, 0.1) is 5.55 Å². The van der Waals surface area contributed by atoms with Crippen LogP contribution in [0.2, 0.25) is 0 Å². The van der Waals surface area contributed by atoms with Crippen LogP contribution in [0.15, 0.2) is 5.10 Å². The molecule has 62 valence electrons. The maximum atomic E-state index is 11.0. The van der Waals surface area contributed by atoms with Crippen LogP contribution in [-0.2, 0) is 4.79 Å². The van der Waals surface area contributed by atoms with Crippen LogP contribution in [-0.4, -0.2) is 22.4 Å². The van der Waals surface area contributed by atoms with E-state index in [1.165, 1.54) is 0 Å². The maximum absolute atomic E-state index is 11.0. The summed E-state index contributed by atoms with van der Waals surface area (Å²) < 4.78 is 0. The molecule has 1 aliphatic rings. The number of hydrazone groups is 1. The van der Waals surface area contributed by atoms with Crippen LogP contribution in [0.5, 0.6) is 0 Å². The molecule has 0 saturated heterocycles. The molecule has 0 aromatic carbocycles. The van der Waals surface area contributed by atoms with Gasteiger partial charge in [0.2, 0.25) is 5.91 Å². The van der Waals surface area contributed by atoms with Gasteiger partial charge in [-0.2, -0.15) is 10.2 Å². The van der Waals surface area contributed by atoms with Crippen molar-refractivity contribution in [2.24, 2.45) is 5.10 Å². The second-order valence-electron chi connectivity index (χ2n) is 2.20. The average Bonchev–Trinajstić information content (AvgIpc) is 2.40. The van der Waals surface area contributed by atoms with Gasteiger partial charge in [-0.1, -0.05) is 18.7 Å². The summed E-state index contributed by atoms with van der Waals surface area (Å²) in [6.07, 6.45) is 1.44. The smallest absolute Gasteiger partial charge is 0.239 e. The van der Waals surface area contributed by atoms with Crippen molar-refractivity contribution in [3.05, 3.63) is 0 Å². The summed E-state index contributed by atoms with van der Waals surface area (Å²) in [5.74, 6) is 0.752. The molecule has 0 radical (unpaired) electrons. The molecule has 1 amide bonds. The van der Waals surface area contributed by atoms with Crippen LogP contribution < -0.4 is 5.43 Å². The summed E-state index contributed by atoms with van der Waals surface area (Å²) in [5, 5.41) is 5.44. The predicted molar refractivity (Wildman–Crippen MR) is 45.8 cm³/mol. The number of nitrogens with one attached hydrogen (secondary N) is 1. The minimum atomic E-state index is 0.0344. The number of hydrogen-bond acceptors (Lipinski definition) is 4. The second-order valence-corrected chi connectivity index (χ2v) is 3.00. The highest BCUT2D eigenvalue weighted by molar-refractivity contribution is 8.12. The van der Waals surface area contributed by atoms with Gasteiger partial charge in [-0.3, -0.25) is 10.2 Å². The van der Waals surface area contributed by atoms with Crippen LogP contribution in [0.25, 0.3) is 0 Å². The highest BCUT2D eigenvalue weighted by Crippen LogP contribution is 2.06. The summed E-state index contributed by atoms with van der Waals surface area (Å²) >= 11 is 1.56. The number of hydrogen-bond donors (Lipinski definition) is 1. The molecule has 0 spiro atoms. The molecule has 4 nitrogen and oxygen atoms in total. The van der Waals surface area contributed by atoms with Crippen molar-refractivity contribution in [2.75, 3.05) is 5.88 Å². The molecule has 5 heteroatoms. The first-order valence-electron chi connectivity index (χ1n) is 3.54. The second kappa shape index (κ2) is 4.23. The Bertz CT molecular complexity index is 171. The first-order valence-corrected chi connectivity index (χ1v) is 4.59. The van der Waals surface area contributed by atoms with Gasteiger partial charge >= 0.3 is 0 Å². The normalized spacial score (nSPS) is 15.5. The highest BCUT2D eigenvalue weighted by Gasteiger charge is 2.08. The monoisotopic (exact) mass is 173 g/mol. The van der Waals surface area contributed by atoms with Gasteiger partial charge in [0.15, 0.2) is 0 Å². The predicted octanol–water partition coefficient (Wildman–Crippen LogP) is 0.767. The third-order valence-corrected chi connectivity index (χ3v) is 1.83. The van der Waals surface area contributed by atoms with Gasteiger partial charge in [-0.05, 0) is 6.42 Å². The van der Waals surface area contributed by atoms with E-state index in [0.717, 1.165) is 12.3 Å². The SMILES string of the molecule is CCCC(=O)NN1CSC=N1. The van der Waals surface area contributed by atoms with Gasteiger partial charge in [-0.25, -0.2) is 0 Å². The fourth-order valence-electron chi connectivity index (χ4n) is 0.716. The molecular weight excluding hydrogens is 162 g/mol. The minimum absolute atomic E-state index is 0.0344. The Balaban J connectivity index is 2.19. The van der Waals surface area contributed by atoms with E-state index < -0.39 is 0 Å². The summed E-state index contributed by atoms with van der Waals surface area (Å²) in [6, 6.07) is 0. The molecule has 1 heterocycles. The lowest BCUT2D eigenvalue weighted by atomic mass is 10.3. The van der Waals surface area contributed by atoms with Crippen LogP contribution in [0.3, 0.4) is 0 Å². The van der Waals surface area contributed by atoms with E-state index in [2.05, 4.69) is 10.5 Å². The van der Waals surface area contributed by atoms with Crippen molar-refractivity contribution in [1.29, 1.82) is 0 Å². The Hall–Kier alpha value is -0.710. The van der Waals surface area contributed by atoms with Gasteiger partial charge < -0.3 is 0 Å². The molecule has 0 saturated carbocycles. The molecular formula is C6H11N3OS. The minimum Gasteiger partial charge on any atom is -0.273 e. The number of carbonyl (C=O) groups is 1. The molecule has 0 aromatic rings. The lowest BCUT2D eigenvalue weighted by Crippen LogP contribution is -2.36. The van der Waals surface area contributed by atoms with Crippen molar-refractivity contribution in [1.82, 2.24) is 10.5 Å². The van der Waals surface area contributed by atoms with Crippen LogP contribution in [0.4, 0.5) is 0 Å². The standard InChI is InChI=1S/C6H11N3OS/c1-2-3-6(10)8-9-5-11-4-7-9/h4H,2-3,5H2,1H3,(H,8,10). The number of amides is 1. The Morgan fingerprint density at radius 2 is 2.73 bits per heavy atom. The topological polar surface area (TPSA) is 44.7 Å². The lowest BCUT2D eigenvalue weighted by Gasteiger charge is -2.13. The first kappa shape index (κ1) is 8.39. The number of hydrazine groups is 1. The summed E-state index contributed by atoms with van der Waals surface area (Å²) in [5.41, 5.74) is 4.37. The van der Waals surface area contributed by atoms with Crippen molar-refractivity contribution in [3.8, 4) is 0 Å². The summed E-state index contributed by atoms with van der Waals surface area (Å²) in [7, 11) is 0. The van der Waals surface area contributed by atoms with E-state index in [-0.39, 0.29) is 5.91 Å². The Morgan fingerprint density at radius 3 is 3.27 bits per heavy atom. The van der Waals surface area contributed by atoms with Crippen LogP contribution in [0, 0.1) is 0 Å². The molecule has 0 aliphatic carbocycles. The van der Waals surface area contributed by atoms with E-state index >= 15 is 0 Å². The molecule has 1 N–H and O–H groups in total. The molecule has 0 aromatic heterocycles. The molecule has 0 fully saturated rings. The van der Waals surface area contributed by atoms with E-state index in [1.807, 2.05) is 6.92 Å². The lowest BCUT2D eigenvalue weighted by molar-refractivity contribution is -0.125. The van der Waals surface area contributed by atoms with Gasteiger partial charge in [0, 0.05) is 6.42 Å². The Labute approximate surface area is 70.0 Å². The van der Waals surface area contributed by atoms with Gasteiger partial charge in [0.1, 0.15) is 5.88 Å². The van der Waals surface area contributed by atoms with Crippen molar-refractivity contribution >= 4 is 23.2 Å². The average molecular weight is 173 g/mol. The third-order valence-electron chi connectivity index (χ3n) is 1.19. The molecule has 0 bridgehead atoms. The first-order chi connectivity index (χ1) is 5.33. The van der Waals surface area contributed by atoms with Crippen molar-refractivity contribution in [3.63, 3.8) is 0 Å². The zero-order valence-electron chi connectivity index (χ0n) is 6.41. The molecule has 1 rings (SSSR count). The van der Waals surface area contributed by atoms with Gasteiger partial charge in [-0.15, -0.1) is 0 Å². The van der Waals surface area contributed by atoms with E-state index in [1.54, 1.807) is 22.4 Å². The van der Waals surface area contributed by atoms with Crippen LogP contribution in [0.1, 0.15) is 19.8 Å².